The molecule has 1 atom stereocenters. The van der Waals surface area contributed by atoms with Crippen molar-refractivity contribution < 1.29 is 13.2 Å². The van der Waals surface area contributed by atoms with Gasteiger partial charge in [0.25, 0.3) is 5.91 Å². The second-order valence-corrected chi connectivity index (χ2v) is 9.02. The van der Waals surface area contributed by atoms with Crippen molar-refractivity contribution in [2.45, 2.75) is 12.5 Å². The lowest BCUT2D eigenvalue weighted by molar-refractivity contribution is 0.0749. The average molecular weight is 381 g/mol. The van der Waals surface area contributed by atoms with Crippen LogP contribution in [0.3, 0.4) is 0 Å². The first-order valence-corrected chi connectivity index (χ1v) is 10.5. The molecule has 1 aliphatic rings. The van der Waals surface area contributed by atoms with Crippen molar-refractivity contribution in [2.75, 3.05) is 18.6 Å². The summed E-state index contributed by atoms with van der Waals surface area (Å²) < 4.78 is 23.6. The number of carbonyl (C=O) groups is 1. The summed E-state index contributed by atoms with van der Waals surface area (Å²) in [4.78, 5) is 23.6. The van der Waals surface area contributed by atoms with Gasteiger partial charge in [0.15, 0.2) is 9.84 Å². The van der Waals surface area contributed by atoms with E-state index in [1.54, 1.807) is 30.4 Å². The Morgan fingerprint density at radius 2 is 2.00 bits per heavy atom. The lowest BCUT2D eigenvalue weighted by Crippen LogP contribution is -2.38. The predicted octanol–water partition coefficient (Wildman–Crippen LogP) is 2.56. The lowest BCUT2D eigenvalue weighted by atomic mass is 10.0. The molecule has 27 heavy (non-hydrogen) atoms. The van der Waals surface area contributed by atoms with Crippen molar-refractivity contribution in [2.24, 2.45) is 0 Å². The maximum absolute atomic E-state index is 13.2. The number of sulfone groups is 1. The van der Waals surface area contributed by atoms with Crippen molar-refractivity contribution in [3.63, 3.8) is 0 Å². The van der Waals surface area contributed by atoms with Crippen LogP contribution in [0.1, 0.15) is 16.8 Å². The number of hydrogen-bond acceptors (Lipinski definition) is 5. The Bertz CT molecular complexity index is 1110. The number of amides is 1. The van der Waals surface area contributed by atoms with Gasteiger partial charge in [0, 0.05) is 36.4 Å². The van der Waals surface area contributed by atoms with Gasteiger partial charge in [-0.1, -0.05) is 18.2 Å². The van der Waals surface area contributed by atoms with Gasteiger partial charge in [0.05, 0.1) is 28.3 Å². The predicted molar refractivity (Wildman–Crippen MR) is 104 cm³/mol. The molecular weight excluding hydrogens is 362 g/mol. The largest absolute Gasteiger partial charge is 0.338 e. The third-order valence-corrected chi connectivity index (χ3v) is 6.73. The normalized spacial score (nSPS) is 18.5. The molecule has 4 rings (SSSR count). The second kappa shape index (κ2) is 6.74. The van der Waals surface area contributed by atoms with Crippen LogP contribution < -0.4 is 0 Å². The number of benzene rings is 1. The highest BCUT2D eigenvalue weighted by atomic mass is 32.2. The third-order valence-electron chi connectivity index (χ3n) is 4.98. The molecule has 0 bridgehead atoms. The van der Waals surface area contributed by atoms with Gasteiger partial charge in [-0.2, -0.15) is 0 Å². The number of aromatic nitrogens is 2. The summed E-state index contributed by atoms with van der Waals surface area (Å²) in [6.07, 6.45) is 3.87. The number of rotatable bonds is 3. The molecule has 1 aliphatic heterocycles. The second-order valence-electron chi connectivity index (χ2n) is 6.79. The maximum atomic E-state index is 13.2. The smallest absolute Gasteiger partial charge is 0.254 e. The molecule has 7 heteroatoms. The summed E-state index contributed by atoms with van der Waals surface area (Å²) in [5, 5.41) is 0.753. The third kappa shape index (κ3) is 3.42. The van der Waals surface area contributed by atoms with Crippen molar-refractivity contribution in [3.8, 4) is 11.3 Å². The Kier molecular flexibility index (Phi) is 4.39. The summed E-state index contributed by atoms with van der Waals surface area (Å²) in [5.41, 5.74) is 2.72. The van der Waals surface area contributed by atoms with Gasteiger partial charge in [-0.15, -0.1) is 0 Å². The lowest BCUT2D eigenvalue weighted by Gasteiger charge is -2.24. The summed E-state index contributed by atoms with van der Waals surface area (Å²) in [5.74, 6) is -0.0399. The van der Waals surface area contributed by atoms with Crippen molar-refractivity contribution >= 4 is 26.6 Å². The van der Waals surface area contributed by atoms with E-state index in [-0.39, 0.29) is 23.5 Å². The van der Waals surface area contributed by atoms with E-state index in [0.29, 0.717) is 17.7 Å². The van der Waals surface area contributed by atoms with Crippen LogP contribution in [-0.4, -0.2) is 53.8 Å². The van der Waals surface area contributed by atoms with Crippen molar-refractivity contribution in [1.82, 2.24) is 14.9 Å². The quantitative estimate of drug-likeness (QED) is 0.697. The minimum Gasteiger partial charge on any atom is -0.338 e. The van der Waals surface area contributed by atoms with E-state index < -0.39 is 9.84 Å². The van der Waals surface area contributed by atoms with Crippen LogP contribution in [0.2, 0.25) is 0 Å². The van der Waals surface area contributed by atoms with Crippen molar-refractivity contribution in [1.29, 1.82) is 0 Å². The average Bonchev–Trinajstić information content (AvgIpc) is 3.06. The molecule has 138 valence electrons. The van der Waals surface area contributed by atoms with Gasteiger partial charge in [-0.3, -0.25) is 9.78 Å². The van der Waals surface area contributed by atoms with E-state index in [1.807, 2.05) is 36.4 Å². The summed E-state index contributed by atoms with van der Waals surface area (Å²) in [7, 11) is -1.39. The zero-order valence-corrected chi connectivity index (χ0v) is 15.7. The Balaban J connectivity index is 1.79. The van der Waals surface area contributed by atoms with E-state index in [2.05, 4.69) is 9.97 Å². The number of para-hydroxylation sites is 1. The Morgan fingerprint density at radius 1 is 1.19 bits per heavy atom. The summed E-state index contributed by atoms with van der Waals surface area (Å²) >= 11 is 0. The van der Waals surface area contributed by atoms with Crippen molar-refractivity contribution in [3.05, 3.63) is 60.4 Å². The molecule has 0 spiro atoms. The van der Waals surface area contributed by atoms with E-state index >= 15 is 0 Å². The van der Waals surface area contributed by atoms with Crippen LogP contribution in [0.15, 0.2) is 54.9 Å². The number of pyridine rings is 2. The highest BCUT2D eigenvalue weighted by molar-refractivity contribution is 7.91. The molecule has 1 amide bonds. The molecule has 6 nitrogen and oxygen atoms in total. The van der Waals surface area contributed by atoms with Crippen LogP contribution in [0.5, 0.6) is 0 Å². The molecule has 2 aromatic heterocycles. The standard InChI is InChI=1S/C20H19N3O3S/c1-23(15-8-10-27(25,26)13-15)20(24)17-11-19(14-5-4-9-21-12-14)22-18-7-3-2-6-16(17)18/h2-7,9,11-12,15H,8,10,13H2,1H3. The molecule has 0 N–H and O–H groups in total. The molecule has 1 saturated heterocycles. The molecular formula is C20H19N3O3S. The van der Waals surface area contributed by atoms with E-state index in [0.717, 1.165) is 16.5 Å². The fourth-order valence-corrected chi connectivity index (χ4v) is 5.23. The number of nitrogens with zero attached hydrogens (tertiary/aromatic N) is 3. The monoisotopic (exact) mass is 381 g/mol. The summed E-state index contributed by atoms with van der Waals surface area (Å²) in [6.45, 7) is 0. The Labute approximate surface area is 157 Å². The molecule has 1 aromatic carbocycles. The first-order valence-electron chi connectivity index (χ1n) is 8.72. The summed E-state index contributed by atoms with van der Waals surface area (Å²) in [6, 6.07) is 12.7. The van der Waals surface area contributed by atoms with Crippen LogP contribution in [-0.2, 0) is 9.84 Å². The highest BCUT2D eigenvalue weighted by Gasteiger charge is 2.33. The minimum absolute atomic E-state index is 0.0215. The molecule has 1 unspecified atom stereocenters. The topological polar surface area (TPSA) is 80.2 Å². The van der Waals surface area contributed by atoms with E-state index in [4.69, 9.17) is 0 Å². The zero-order chi connectivity index (χ0) is 19.0. The molecule has 3 heterocycles. The van der Waals surface area contributed by atoms with E-state index in [9.17, 15) is 13.2 Å². The van der Waals surface area contributed by atoms with Crippen LogP contribution >= 0.6 is 0 Å². The van der Waals surface area contributed by atoms with Gasteiger partial charge in [0.2, 0.25) is 0 Å². The molecule has 0 radical (unpaired) electrons. The zero-order valence-electron chi connectivity index (χ0n) is 14.9. The fourth-order valence-electron chi connectivity index (χ4n) is 3.45. The van der Waals surface area contributed by atoms with Gasteiger partial charge in [-0.25, -0.2) is 13.4 Å². The number of hydrogen-bond donors (Lipinski definition) is 0. The van der Waals surface area contributed by atoms with Gasteiger partial charge >= 0.3 is 0 Å². The van der Waals surface area contributed by atoms with Crippen LogP contribution in [0.25, 0.3) is 22.2 Å². The number of fused-ring (bicyclic) bond motifs is 1. The molecule has 1 fully saturated rings. The molecule has 0 saturated carbocycles. The Hall–Kier alpha value is -2.80. The Morgan fingerprint density at radius 3 is 2.70 bits per heavy atom. The van der Waals surface area contributed by atoms with Gasteiger partial charge in [0.1, 0.15) is 0 Å². The molecule has 3 aromatic rings. The SMILES string of the molecule is CN(C(=O)c1cc(-c2cccnc2)nc2ccccc12)C1CCS(=O)(=O)C1. The maximum Gasteiger partial charge on any atom is 0.254 e. The van der Waals surface area contributed by atoms with E-state index in [1.165, 1.54) is 0 Å². The fraction of sp³-hybridized carbons (Fsp3) is 0.250. The van der Waals surface area contributed by atoms with Crippen LogP contribution in [0.4, 0.5) is 0 Å². The molecule has 0 aliphatic carbocycles. The first-order chi connectivity index (χ1) is 12.9. The van der Waals surface area contributed by atoms with Gasteiger partial charge < -0.3 is 4.90 Å². The van der Waals surface area contributed by atoms with Gasteiger partial charge in [-0.05, 0) is 30.7 Å². The highest BCUT2D eigenvalue weighted by Crippen LogP contribution is 2.27. The first kappa shape index (κ1) is 17.6. The number of carbonyl (C=O) groups excluding carboxylic acids is 1. The van der Waals surface area contributed by atoms with Crippen LogP contribution in [0, 0.1) is 0 Å². The minimum atomic E-state index is -3.06.